The second-order valence-corrected chi connectivity index (χ2v) is 9.49. The van der Waals surface area contributed by atoms with E-state index in [-0.39, 0.29) is 11.9 Å². The topological polar surface area (TPSA) is 63.7 Å². The van der Waals surface area contributed by atoms with Crippen molar-refractivity contribution in [2.45, 2.75) is 37.9 Å². The molecule has 0 radical (unpaired) electrons. The number of ether oxygens (including phenoxy) is 2. The Kier molecular flexibility index (Phi) is 7.15. The molecule has 1 N–H and O–H groups in total. The number of nitrogens with zero attached hydrogens (tertiary/aromatic N) is 2. The van der Waals surface area contributed by atoms with E-state index in [1.807, 2.05) is 6.07 Å². The zero-order chi connectivity index (χ0) is 26.0. The monoisotopic (exact) mass is 531 g/mol. The number of nitrogens with one attached hydrogen (secondary N) is 1. The van der Waals surface area contributed by atoms with Gasteiger partial charge in [-0.1, -0.05) is 17.7 Å². The third-order valence-electron chi connectivity index (χ3n) is 6.49. The number of aryl methyl sites for hydroxylation is 1. The Balaban J connectivity index is 1.15. The fraction of sp³-hybridized carbons (Fsp3) is 0.333. The summed E-state index contributed by atoms with van der Waals surface area (Å²) in [5.41, 5.74) is 0.636. The second kappa shape index (κ2) is 10.5. The normalized spacial score (nSPS) is 16.1. The van der Waals surface area contributed by atoms with Crippen LogP contribution in [0.1, 0.15) is 40.9 Å². The first-order valence-electron chi connectivity index (χ1n) is 12.1. The number of carbonyl (C=O) groups is 1. The lowest BCUT2D eigenvalue weighted by molar-refractivity contribution is -0.141. The van der Waals surface area contributed by atoms with Crippen molar-refractivity contribution < 1.29 is 27.4 Å². The Labute approximate surface area is 217 Å². The van der Waals surface area contributed by atoms with E-state index >= 15 is 0 Å². The number of carbonyl (C=O) groups excluding carboxylic acids is 1. The van der Waals surface area contributed by atoms with Crippen LogP contribution < -0.4 is 19.7 Å². The summed E-state index contributed by atoms with van der Waals surface area (Å²) >= 11 is 6.38. The maximum Gasteiger partial charge on any atom is 0.433 e. The molecule has 10 heteroatoms. The number of aromatic nitrogens is 1. The molecule has 0 saturated carbocycles. The molecule has 194 valence electrons. The maximum atomic E-state index is 13.0. The third-order valence-corrected chi connectivity index (χ3v) is 6.78. The Morgan fingerprint density at radius 1 is 1.11 bits per heavy atom. The number of fused-ring (bicyclic) bond motifs is 1. The predicted molar refractivity (Wildman–Crippen MR) is 134 cm³/mol. The standard InChI is InChI=1S/C27H25ClF3N3O3/c28-21-15-18-3-2-14-36-22(18)16-23(21)37-20-8-6-17(7-9-20)26(35)32-19-10-12-34(13-11-19)25-5-1-4-24(33-25)27(29,30)31/h1,4-9,15-16,19H,2-3,10-14H2,(H,32,35). The minimum atomic E-state index is -4.48. The van der Waals surface area contributed by atoms with Crippen LogP contribution in [0.15, 0.2) is 54.6 Å². The number of halogens is 4. The fourth-order valence-electron chi connectivity index (χ4n) is 4.51. The molecule has 2 aliphatic heterocycles. The highest BCUT2D eigenvalue weighted by Gasteiger charge is 2.33. The van der Waals surface area contributed by atoms with Gasteiger partial charge in [-0.3, -0.25) is 4.79 Å². The molecule has 1 aromatic heterocycles. The van der Waals surface area contributed by atoms with Gasteiger partial charge in [-0.05, 0) is 73.7 Å². The number of amides is 1. The van der Waals surface area contributed by atoms with Gasteiger partial charge in [-0.15, -0.1) is 0 Å². The number of alkyl halides is 3. The molecular weight excluding hydrogens is 507 g/mol. The Bertz CT molecular complexity index is 1280. The summed E-state index contributed by atoms with van der Waals surface area (Å²) in [6, 6.07) is 14.2. The van der Waals surface area contributed by atoms with Crippen LogP contribution in [0.2, 0.25) is 5.02 Å². The predicted octanol–water partition coefficient (Wildman–Crippen LogP) is 6.27. The summed E-state index contributed by atoms with van der Waals surface area (Å²) in [7, 11) is 0. The van der Waals surface area contributed by atoms with Gasteiger partial charge >= 0.3 is 6.18 Å². The number of hydrogen-bond acceptors (Lipinski definition) is 5. The molecule has 3 aromatic rings. The van der Waals surface area contributed by atoms with Gasteiger partial charge < -0.3 is 19.7 Å². The Morgan fingerprint density at radius 3 is 2.59 bits per heavy atom. The maximum absolute atomic E-state index is 13.0. The van der Waals surface area contributed by atoms with Crippen molar-refractivity contribution in [1.82, 2.24) is 10.3 Å². The van der Waals surface area contributed by atoms with Gasteiger partial charge in [0.25, 0.3) is 5.91 Å². The number of benzene rings is 2. The molecule has 1 saturated heterocycles. The molecule has 2 aliphatic rings. The minimum absolute atomic E-state index is 0.0835. The average molecular weight is 532 g/mol. The van der Waals surface area contributed by atoms with Crippen LogP contribution >= 0.6 is 11.6 Å². The van der Waals surface area contributed by atoms with Crippen molar-refractivity contribution in [3.63, 3.8) is 0 Å². The number of rotatable bonds is 5. The number of anilines is 1. The lowest BCUT2D eigenvalue weighted by Gasteiger charge is -2.33. The van der Waals surface area contributed by atoms with E-state index < -0.39 is 11.9 Å². The van der Waals surface area contributed by atoms with Crippen LogP contribution in [0.3, 0.4) is 0 Å². The van der Waals surface area contributed by atoms with E-state index in [2.05, 4.69) is 10.3 Å². The summed E-state index contributed by atoms with van der Waals surface area (Å²) in [4.78, 5) is 18.3. The lowest BCUT2D eigenvalue weighted by atomic mass is 10.0. The van der Waals surface area contributed by atoms with E-state index in [0.717, 1.165) is 30.2 Å². The van der Waals surface area contributed by atoms with Crippen LogP contribution in [-0.2, 0) is 12.6 Å². The SMILES string of the molecule is O=C(NC1CCN(c2cccc(C(F)(F)F)n2)CC1)c1ccc(Oc2cc3c(cc2Cl)CCCO3)cc1. The first-order chi connectivity index (χ1) is 17.8. The zero-order valence-electron chi connectivity index (χ0n) is 19.9. The van der Waals surface area contributed by atoms with Crippen molar-refractivity contribution in [1.29, 1.82) is 0 Å². The van der Waals surface area contributed by atoms with Gasteiger partial charge in [-0.25, -0.2) is 4.98 Å². The molecule has 3 heterocycles. The summed E-state index contributed by atoms with van der Waals surface area (Å²) < 4.78 is 50.5. The Hall–Kier alpha value is -3.46. The van der Waals surface area contributed by atoms with Gasteiger partial charge in [0.15, 0.2) is 0 Å². The molecule has 0 unspecified atom stereocenters. The van der Waals surface area contributed by atoms with E-state index in [4.69, 9.17) is 21.1 Å². The van der Waals surface area contributed by atoms with E-state index in [1.54, 1.807) is 41.3 Å². The molecule has 0 spiro atoms. The highest BCUT2D eigenvalue weighted by Crippen LogP contribution is 2.37. The first kappa shape index (κ1) is 25.2. The van der Waals surface area contributed by atoms with Gasteiger partial charge in [0.1, 0.15) is 28.8 Å². The van der Waals surface area contributed by atoms with E-state index in [0.29, 0.717) is 60.4 Å². The number of hydrogen-bond donors (Lipinski definition) is 1. The van der Waals surface area contributed by atoms with Crippen molar-refractivity contribution in [3.05, 3.63) is 76.4 Å². The fourth-order valence-corrected chi connectivity index (χ4v) is 4.73. The number of piperidine rings is 1. The minimum Gasteiger partial charge on any atom is -0.493 e. The first-order valence-corrected chi connectivity index (χ1v) is 12.5. The van der Waals surface area contributed by atoms with Crippen molar-refractivity contribution in [2.24, 2.45) is 0 Å². The smallest absolute Gasteiger partial charge is 0.433 e. The van der Waals surface area contributed by atoms with Crippen LogP contribution in [-0.4, -0.2) is 36.6 Å². The van der Waals surface area contributed by atoms with Gasteiger partial charge in [-0.2, -0.15) is 13.2 Å². The molecule has 1 fully saturated rings. The van der Waals surface area contributed by atoms with Gasteiger partial charge in [0.05, 0.1) is 11.6 Å². The molecule has 5 rings (SSSR count). The molecule has 0 bridgehead atoms. The van der Waals surface area contributed by atoms with Crippen LogP contribution in [0.5, 0.6) is 17.2 Å². The van der Waals surface area contributed by atoms with E-state index in [1.165, 1.54) is 6.07 Å². The molecular formula is C27H25ClF3N3O3. The number of pyridine rings is 1. The zero-order valence-corrected chi connectivity index (χ0v) is 20.6. The summed E-state index contributed by atoms with van der Waals surface area (Å²) in [5, 5.41) is 3.51. The average Bonchev–Trinajstić information content (AvgIpc) is 2.89. The van der Waals surface area contributed by atoms with Gasteiger partial charge in [0.2, 0.25) is 0 Å². The Morgan fingerprint density at radius 2 is 1.86 bits per heavy atom. The molecule has 6 nitrogen and oxygen atoms in total. The highest BCUT2D eigenvalue weighted by molar-refractivity contribution is 6.32. The highest BCUT2D eigenvalue weighted by atomic mass is 35.5. The van der Waals surface area contributed by atoms with Crippen LogP contribution in [0, 0.1) is 0 Å². The van der Waals surface area contributed by atoms with E-state index in [9.17, 15) is 18.0 Å². The molecule has 1 amide bonds. The summed E-state index contributed by atoms with van der Waals surface area (Å²) in [6.07, 6.45) is -1.41. The molecule has 37 heavy (non-hydrogen) atoms. The quantitative estimate of drug-likeness (QED) is 0.420. The molecule has 2 aromatic carbocycles. The van der Waals surface area contributed by atoms with Crippen LogP contribution in [0.4, 0.5) is 19.0 Å². The van der Waals surface area contributed by atoms with Crippen molar-refractivity contribution >= 4 is 23.3 Å². The molecule has 0 atom stereocenters. The summed E-state index contributed by atoms with van der Waals surface area (Å²) in [5.74, 6) is 1.87. The second-order valence-electron chi connectivity index (χ2n) is 9.08. The van der Waals surface area contributed by atoms with Crippen molar-refractivity contribution in [2.75, 3.05) is 24.6 Å². The third kappa shape index (κ3) is 5.93. The molecule has 0 aliphatic carbocycles. The van der Waals surface area contributed by atoms with Gasteiger partial charge in [0, 0.05) is 30.8 Å². The van der Waals surface area contributed by atoms with Crippen molar-refractivity contribution in [3.8, 4) is 17.2 Å². The lowest BCUT2D eigenvalue weighted by Crippen LogP contribution is -2.45. The van der Waals surface area contributed by atoms with Crippen LogP contribution in [0.25, 0.3) is 0 Å². The largest absolute Gasteiger partial charge is 0.493 e. The summed E-state index contributed by atoms with van der Waals surface area (Å²) in [6.45, 7) is 1.66.